The molecular formula is C11H14FN3O6S. The third-order valence-corrected chi connectivity index (χ3v) is 3.39. The Morgan fingerprint density at radius 2 is 2.32 bits per heavy atom. The monoisotopic (exact) mass is 335 g/mol. The second-order valence-electron chi connectivity index (χ2n) is 4.64. The third kappa shape index (κ3) is 3.39. The maximum atomic E-state index is 13.3. The number of aromatic amines is 1. The zero-order valence-electron chi connectivity index (χ0n) is 11.2. The molecule has 1 aromatic heterocycles. The molecule has 2 rings (SSSR count). The van der Waals surface area contributed by atoms with Crippen molar-refractivity contribution in [2.45, 2.75) is 31.1 Å². The fraction of sp³-hybridized carbons (Fsp3) is 0.545. The molecule has 0 aliphatic carbocycles. The quantitative estimate of drug-likeness (QED) is 0.308. The Labute approximate surface area is 128 Å². The summed E-state index contributed by atoms with van der Waals surface area (Å²) in [6.45, 7) is -0.533. The second-order valence-corrected chi connectivity index (χ2v) is 5.02. The number of carbonyl (C=O) groups excluding carboxylic acids is 1. The highest BCUT2D eigenvalue weighted by molar-refractivity contribution is 7.71. The van der Waals surface area contributed by atoms with Crippen LogP contribution in [-0.2, 0) is 14.3 Å². The molecule has 1 aromatic rings. The number of esters is 1. The van der Waals surface area contributed by atoms with Gasteiger partial charge in [0.1, 0.15) is 6.23 Å². The van der Waals surface area contributed by atoms with Gasteiger partial charge < -0.3 is 25.4 Å². The van der Waals surface area contributed by atoms with Gasteiger partial charge in [-0.3, -0.25) is 19.1 Å². The van der Waals surface area contributed by atoms with Gasteiger partial charge in [-0.1, -0.05) is 0 Å². The molecular weight excluding hydrogens is 321 g/mol. The molecule has 0 amide bonds. The first-order chi connectivity index (χ1) is 10.2. The topological polar surface area (TPSA) is 140 Å². The molecule has 2 unspecified atom stereocenters. The van der Waals surface area contributed by atoms with Gasteiger partial charge in [-0.15, -0.1) is 0 Å². The maximum Gasteiger partial charge on any atom is 0.352 e. The molecule has 5 N–H and O–H groups in total. The number of hydrogen-bond donors (Lipinski definition) is 4. The Balaban J connectivity index is 2.16. The van der Waals surface area contributed by atoms with E-state index in [1.165, 1.54) is 0 Å². The number of halogens is 1. The maximum absolute atomic E-state index is 13.3. The molecule has 2 atom stereocenters. The molecule has 0 radical (unpaired) electrons. The number of nitrogens with zero attached hydrogens (tertiary/aromatic N) is 1. The van der Waals surface area contributed by atoms with Crippen LogP contribution in [0.4, 0.5) is 4.39 Å². The zero-order chi connectivity index (χ0) is 16.5. The lowest BCUT2D eigenvalue weighted by Crippen LogP contribution is -2.47. The van der Waals surface area contributed by atoms with Crippen LogP contribution in [0.15, 0.2) is 11.0 Å². The molecule has 1 aliphatic rings. The summed E-state index contributed by atoms with van der Waals surface area (Å²) in [4.78, 5) is 24.2. The molecule has 0 saturated carbocycles. The van der Waals surface area contributed by atoms with E-state index in [0.717, 1.165) is 10.8 Å². The summed E-state index contributed by atoms with van der Waals surface area (Å²) in [5.74, 6) is -4.95. The number of carbonyl (C=O) groups is 1. The molecule has 122 valence electrons. The predicted octanol–water partition coefficient (Wildman–Crippen LogP) is -1.14. The van der Waals surface area contributed by atoms with Gasteiger partial charge in [0, 0.05) is 0 Å². The number of hydrogen-bond acceptors (Lipinski definition) is 8. The third-order valence-electron chi connectivity index (χ3n) is 3.08. The Morgan fingerprint density at radius 3 is 2.95 bits per heavy atom. The van der Waals surface area contributed by atoms with E-state index in [2.05, 4.69) is 9.72 Å². The Kier molecular flexibility index (Phi) is 4.72. The van der Waals surface area contributed by atoms with E-state index in [4.69, 9.17) is 22.7 Å². The summed E-state index contributed by atoms with van der Waals surface area (Å²) in [5, 5.41) is 19.4. The van der Waals surface area contributed by atoms with Crippen molar-refractivity contribution >= 4 is 18.2 Å². The van der Waals surface area contributed by atoms with Crippen LogP contribution < -0.4 is 11.3 Å². The van der Waals surface area contributed by atoms with Crippen LogP contribution in [0.25, 0.3) is 0 Å². The van der Waals surface area contributed by atoms with Crippen LogP contribution in [0.2, 0.25) is 0 Å². The summed E-state index contributed by atoms with van der Waals surface area (Å²) < 4.78 is 24.1. The Bertz CT molecular complexity index is 687. The summed E-state index contributed by atoms with van der Waals surface area (Å²) >= 11 is 4.89. The Hall–Kier alpha value is -1.66. The number of nitrogens with two attached hydrogens (primary N) is 1. The van der Waals surface area contributed by atoms with Crippen molar-refractivity contribution < 1.29 is 28.9 Å². The second kappa shape index (κ2) is 6.22. The largest absolute Gasteiger partial charge is 0.405 e. The van der Waals surface area contributed by atoms with E-state index in [1.54, 1.807) is 0 Å². The van der Waals surface area contributed by atoms with E-state index in [9.17, 15) is 24.2 Å². The van der Waals surface area contributed by atoms with Gasteiger partial charge in [0.15, 0.2) is 10.9 Å². The van der Waals surface area contributed by atoms with E-state index in [1.807, 2.05) is 0 Å². The molecule has 1 saturated heterocycles. The highest BCUT2D eigenvalue weighted by Gasteiger charge is 2.45. The van der Waals surface area contributed by atoms with Crippen molar-refractivity contribution in [2.75, 3.05) is 6.54 Å². The molecule has 0 aromatic carbocycles. The summed E-state index contributed by atoms with van der Waals surface area (Å²) in [6.07, 6.45) is -0.939. The minimum Gasteiger partial charge on any atom is -0.405 e. The van der Waals surface area contributed by atoms with E-state index in [0.29, 0.717) is 0 Å². The number of ether oxygens (including phenoxy) is 2. The summed E-state index contributed by atoms with van der Waals surface area (Å²) in [7, 11) is 0. The van der Waals surface area contributed by atoms with E-state index < -0.39 is 42.2 Å². The average Bonchev–Trinajstić information content (AvgIpc) is 2.92. The smallest absolute Gasteiger partial charge is 0.352 e. The van der Waals surface area contributed by atoms with Crippen molar-refractivity contribution in [3.05, 3.63) is 27.1 Å². The number of nitrogens with one attached hydrogen (secondary N) is 1. The number of aliphatic hydroxyl groups is 2. The van der Waals surface area contributed by atoms with Crippen LogP contribution in [0, 0.1) is 10.6 Å². The fourth-order valence-corrected chi connectivity index (χ4v) is 2.31. The van der Waals surface area contributed by atoms with Crippen molar-refractivity contribution in [2.24, 2.45) is 5.73 Å². The van der Waals surface area contributed by atoms with Gasteiger partial charge in [0.25, 0.3) is 5.56 Å². The van der Waals surface area contributed by atoms with Crippen LogP contribution in [-0.4, -0.2) is 44.4 Å². The first kappa shape index (κ1) is 16.7. The van der Waals surface area contributed by atoms with Gasteiger partial charge >= 0.3 is 11.9 Å². The molecule has 9 nitrogen and oxygen atoms in total. The van der Waals surface area contributed by atoms with E-state index in [-0.39, 0.29) is 17.6 Å². The lowest BCUT2D eigenvalue weighted by molar-refractivity contribution is -0.362. The number of rotatable bonds is 4. The highest BCUT2D eigenvalue weighted by Crippen LogP contribution is 2.33. The number of aromatic nitrogens is 2. The van der Waals surface area contributed by atoms with Crippen LogP contribution in [0.5, 0.6) is 0 Å². The molecule has 11 heteroatoms. The lowest BCUT2D eigenvalue weighted by Gasteiger charge is -2.27. The molecule has 2 heterocycles. The van der Waals surface area contributed by atoms with Crippen molar-refractivity contribution in [1.82, 2.24) is 9.55 Å². The van der Waals surface area contributed by atoms with E-state index >= 15 is 0 Å². The summed E-state index contributed by atoms with van der Waals surface area (Å²) in [5.41, 5.74) is 4.05. The predicted molar refractivity (Wildman–Crippen MR) is 71.3 cm³/mol. The van der Waals surface area contributed by atoms with Gasteiger partial charge in [0.05, 0.1) is 12.7 Å². The molecule has 1 fully saturated rings. The fourth-order valence-electron chi connectivity index (χ4n) is 2.05. The normalized spacial score (nSPS) is 21.8. The lowest BCUT2D eigenvalue weighted by atomic mass is 10.2. The first-order valence-electron chi connectivity index (χ1n) is 6.27. The summed E-state index contributed by atoms with van der Waals surface area (Å²) in [6, 6.07) is 0. The van der Waals surface area contributed by atoms with Crippen LogP contribution in [0.3, 0.4) is 0 Å². The van der Waals surface area contributed by atoms with Gasteiger partial charge in [-0.2, -0.15) is 4.39 Å². The van der Waals surface area contributed by atoms with Crippen molar-refractivity contribution in [3.63, 3.8) is 0 Å². The van der Waals surface area contributed by atoms with Gasteiger partial charge in [-0.05, 0) is 25.1 Å². The van der Waals surface area contributed by atoms with Gasteiger partial charge in [0.2, 0.25) is 5.82 Å². The zero-order valence-corrected chi connectivity index (χ0v) is 12.0. The highest BCUT2D eigenvalue weighted by atomic mass is 32.1. The minimum atomic E-state index is -2.87. The van der Waals surface area contributed by atoms with Crippen molar-refractivity contribution in [1.29, 1.82) is 0 Å². The standard InChI is InChI=1S/C11H14FN3O6S/c12-5-4-15(10(22)14-9(5)17)7-2-1-6(20-7)11(18,19)21-8(16)3-13/h4,6-7,18-19H,1-3,13H2,(H,14,17,22). The first-order valence-corrected chi connectivity index (χ1v) is 6.68. The SMILES string of the molecule is NCC(=O)OC(O)(O)C1CCC(n2cc(F)c(=O)[nH]c2=S)O1. The molecule has 0 spiro atoms. The molecule has 1 aliphatic heterocycles. The van der Waals surface area contributed by atoms with Crippen molar-refractivity contribution in [3.8, 4) is 0 Å². The molecule has 0 bridgehead atoms. The van der Waals surface area contributed by atoms with Gasteiger partial charge in [-0.25, -0.2) is 0 Å². The number of H-pyrrole nitrogens is 1. The molecule has 22 heavy (non-hydrogen) atoms. The van der Waals surface area contributed by atoms with Crippen LogP contribution >= 0.6 is 12.2 Å². The Morgan fingerprint density at radius 1 is 1.64 bits per heavy atom. The average molecular weight is 335 g/mol. The van der Waals surface area contributed by atoms with Crippen LogP contribution in [0.1, 0.15) is 19.1 Å². The minimum absolute atomic E-state index is 0.0857.